The number of nitrogens with two attached hydrogens (primary N) is 1. The van der Waals surface area contributed by atoms with E-state index in [2.05, 4.69) is 5.43 Å². The fourth-order valence-electron chi connectivity index (χ4n) is 2.06. The van der Waals surface area contributed by atoms with Crippen molar-refractivity contribution in [3.05, 3.63) is 65.0 Å². The van der Waals surface area contributed by atoms with E-state index < -0.39 is 0 Å². The molecule has 0 aliphatic carbocycles. The summed E-state index contributed by atoms with van der Waals surface area (Å²) in [5, 5.41) is 0. The predicted molar refractivity (Wildman–Crippen MR) is 73.3 cm³/mol. The van der Waals surface area contributed by atoms with Crippen LogP contribution >= 0.6 is 0 Å². The third-order valence-electron chi connectivity index (χ3n) is 3.15. The molecule has 0 radical (unpaired) electrons. The lowest BCUT2D eigenvalue weighted by Gasteiger charge is -2.19. The van der Waals surface area contributed by atoms with Crippen LogP contribution in [0.4, 0.5) is 4.39 Å². The first-order valence-electron chi connectivity index (χ1n) is 6.02. The lowest BCUT2D eigenvalue weighted by molar-refractivity contribution is 0.404. The third kappa shape index (κ3) is 2.75. The molecule has 1 atom stereocenters. The number of halogens is 1. The van der Waals surface area contributed by atoms with Gasteiger partial charge in [-0.15, -0.1) is 0 Å². The molecule has 0 aliphatic rings. The smallest absolute Gasteiger partial charge is 0.126 e. The normalized spacial score (nSPS) is 12.2. The molecule has 0 bridgehead atoms. The first kappa shape index (κ1) is 13.5. The summed E-state index contributed by atoms with van der Waals surface area (Å²) < 4.78 is 19.0. The molecule has 0 aliphatic heterocycles. The van der Waals surface area contributed by atoms with E-state index >= 15 is 0 Å². The molecule has 0 saturated heterocycles. The van der Waals surface area contributed by atoms with E-state index in [-0.39, 0.29) is 11.9 Å². The van der Waals surface area contributed by atoms with Crippen molar-refractivity contribution in [1.29, 1.82) is 0 Å². The maximum atomic E-state index is 13.7. The summed E-state index contributed by atoms with van der Waals surface area (Å²) in [5.74, 6) is 6.09. The molecule has 0 aromatic heterocycles. The first-order chi connectivity index (χ1) is 9.17. The Balaban J connectivity index is 2.46. The van der Waals surface area contributed by atoms with Crippen LogP contribution in [0.25, 0.3) is 0 Å². The van der Waals surface area contributed by atoms with E-state index in [0.717, 1.165) is 11.1 Å². The Kier molecular flexibility index (Phi) is 4.14. The number of hydrazine groups is 1. The zero-order chi connectivity index (χ0) is 13.8. The topological polar surface area (TPSA) is 47.3 Å². The summed E-state index contributed by atoms with van der Waals surface area (Å²) in [4.78, 5) is 0. The van der Waals surface area contributed by atoms with Crippen molar-refractivity contribution in [2.75, 3.05) is 7.11 Å². The second-order valence-corrected chi connectivity index (χ2v) is 4.35. The van der Waals surface area contributed by atoms with E-state index in [0.29, 0.717) is 11.3 Å². The van der Waals surface area contributed by atoms with Crippen molar-refractivity contribution in [2.45, 2.75) is 13.0 Å². The molecule has 0 fully saturated rings. The fourth-order valence-corrected chi connectivity index (χ4v) is 2.06. The van der Waals surface area contributed by atoms with Crippen LogP contribution in [-0.2, 0) is 0 Å². The van der Waals surface area contributed by atoms with E-state index in [1.54, 1.807) is 20.1 Å². The number of rotatable bonds is 4. The zero-order valence-electron chi connectivity index (χ0n) is 11.0. The Morgan fingerprint density at radius 1 is 1.21 bits per heavy atom. The van der Waals surface area contributed by atoms with E-state index in [1.165, 1.54) is 6.07 Å². The Morgan fingerprint density at radius 3 is 2.58 bits per heavy atom. The number of aryl methyl sites for hydroxylation is 1. The van der Waals surface area contributed by atoms with Crippen molar-refractivity contribution in [2.24, 2.45) is 5.84 Å². The number of nitrogens with one attached hydrogen (secondary N) is 1. The first-order valence-corrected chi connectivity index (χ1v) is 6.02. The van der Waals surface area contributed by atoms with Crippen molar-refractivity contribution in [3.8, 4) is 5.75 Å². The van der Waals surface area contributed by atoms with Gasteiger partial charge in [-0.1, -0.05) is 30.3 Å². The average Bonchev–Trinajstić information content (AvgIpc) is 2.44. The Bertz CT molecular complexity index is 572. The standard InChI is InChI=1S/C15H17FN2O/c1-10-7-8-11(9-13(10)16)15(18-17)12-5-3-4-6-14(12)19-2/h3-9,15,18H,17H2,1-2H3. The third-order valence-corrected chi connectivity index (χ3v) is 3.15. The Morgan fingerprint density at radius 2 is 1.95 bits per heavy atom. The maximum Gasteiger partial charge on any atom is 0.126 e. The van der Waals surface area contributed by atoms with Gasteiger partial charge in [0, 0.05) is 5.56 Å². The summed E-state index contributed by atoms with van der Waals surface area (Å²) in [6.07, 6.45) is 0. The van der Waals surface area contributed by atoms with Crippen LogP contribution in [0.15, 0.2) is 42.5 Å². The number of hydrogen-bond acceptors (Lipinski definition) is 3. The second kappa shape index (κ2) is 5.82. The molecule has 1 unspecified atom stereocenters. The van der Waals surface area contributed by atoms with Gasteiger partial charge in [0.25, 0.3) is 0 Å². The highest BCUT2D eigenvalue weighted by atomic mass is 19.1. The molecular formula is C15H17FN2O. The van der Waals surface area contributed by atoms with Gasteiger partial charge in [-0.25, -0.2) is 9.82 Å². The van der Waals surface area contributed by atoms with Gasteiger partial charge in [0.2, 0.25) is 0 Å². The van der Waals surface area contributed by atoms with Crippen LogP contribution in [0.2, 0.25) is 0 Å². The Labute approximate surface area is 112 Å². The van der Waals surface area contributed by atoms with Crippen molar-refractivity contribution >= 4 is 0 Å². The van der Waals surface area contributed by atoms with Crippen LogP contribution in [0.3, 0.4) is 0 Å². The van der Waals surface area contributed by atoms with Gasteiger partial charge in [0.1, 0.15) is 11.6 Å². The van der Waals surface area contributed by atoms with E-state index in [9.17, 15) is 4.39 Å². The molecule has 4 heteroatoms. The largest absolute Gasteiger partial charge is 0.496 e. The number of methoxy groups -OCH3 is 1. The SMILES string of the molecule is COc1ccccc1C(NN)c1ccc(C)c(F)c1. The minimum atomic E-state index is -0.314. The monoisotopic (exact) mass is 260 g/mol. The van der Waals surface area contributed by atoms with Crippen molar-refractivity contribution in [3.63, 3.8) is 0 Å². The quantitative estimate of drug-likeness (QED) is 0.656. The molecule has 2 aromatic rings. The maximum absolute atomic E-state index is 13.7. The van der Waals surface area contributed by atoms with Gasteiger partial charge in [-0.3, -0.25) is 5.84 Å². The molecule has 0 heterocycles. The summed E-state index contributed by atoms with van der Waals surface area (Å²) in [6, 6.07) is 12.3. The van der Waals surface area contributed by atoms with Crippen molar-refractivity contribution in [1.82, 2.24) is 5.43 Å². The zero-order valence-corrected chi connectivity index (χ0v) is 11.0. The van der Waals surface area contributed by atoms with E-state index in [1.807, 2.05) is 30.3 Å². The highest BCUT2D eigenvalue weighted by molar-refractivity contribution is 5.42. The number of para-hydroxylation sites is 1. The van der Waals surface area contributed by atoms with Gasteiger partial charge in [0.05, 0.1) is 13.2 Å². The molecule has 100 valence electrons. The van der Waals surface area contributed by atoms with Crippen LogP contribution < -0.4 is 16.0 Å². The summed E-state index contributed by atoms with van der Waals surface area (Å²) in [5.41, 5.74) is 4.95. The summed E-state index contributed by atoms with van der Waals surface area (Å²) >= 11 is 0. The van der Waals surface area contributed by atoms with Crippen LogP contribution in [-0.4, -0.2) is 7.11 Å². The average molecular weight is 260 g/mol. The van der Waals surface area contributed by atoms with E-state index in [4.69, 9.17) is 10.6 Å². The highest BCUT2D eigenvalue weighted by Crippen LogP contribution is 2.29. The second-order valence-electron chi connectivity index (χ2n) is 4.35. The molecule has 0 saturated carbocycles. The highest BCUT2D eigenvalue weighted by Gasteiger charge is 2.17. The fraction of sp³-hybridized carbons (Fsp3) is 0.200. The molecule has 3 N–H and O–H groups in total. The van der Waals surface area contributed by atoms with Gasteiger partial charge in [-0.2, -0.15) is 0 Å². The van der Waals surface area contributed by atoms with Crippen molar-refractivity contribution < 1.29 is 9.13 Å². The number of benzene rings is 2. The van der Waals surface area contributed by atoms with Gasteiger partial charge in [-0.05, 0) is 30.2 Å². The molecule has 2 aromatic carbocycles. The Hall–Kier alpha value is -1.91. The molecule has 19 heavy (non-hydrogen) atoms. The number of ether oxygens (including phenoxy) is 1. The lowest BCUT2D eigenvalue weighted by atomic mass is 9.97. The molecule has 0 amide bonds. The van der Waals surface area contributed by atoms with Gasteiger partial charge >= 0.3 is 0 Å². The lowest BCUT2D eigenvalue weighted by Crippen LogP contribution is -2.29. The molecular weight excluding hydrogens is 243 g/mol. The molecule has 3 nitrogen and oxygen atoms in total. The summed E-state index contributed by atoms with van der Waals surface area (Å²) in [6.45, 7) is 1.73. The molecule has 0 spiro atoms. The number of hydrogen-bond donors (Lipinski definition) is 2. The summed E-state index contributed by atoms with van der Waals surface area (Å²) in [7, 11) is 1.60. The van der Waals surface area contributed by atoms with Crippen LogP contribution in [0, 0.1) is 12.7 Å². The molecule has 2 rings (SSSR count). The predicted octanol–water partition coefficient (Wildman–Crippen LogP) is 2.70. The minimum absolute atomic E-state index is 0.243. The van der Waals surface area contributed by atoms with Crippen LogP contribution in [0.5, 0.6) is 5.75 Å². The van der Waals surface area contributed by atoms with Crippen LogP contribution in [0.1, 0.15) is 22.7 Å². The van der Waals surface area contributed by atoms with Gasteiger partial charge < -0.3 is 4.74 Å². The van der Waals surface area contributed by atoms with Gasteiger partial charge in [0.15, 0.2) is 0 Å². The minimum Gasteiger partial charge on any atom is -0.496 e.